The number of rotatable bonds is 49. The normalized spacial score (nSPS) is 14.2. The number of unbranched alkanes of at least 4 members (excludes halogenated alkanes) is 16. The van der Waals surface area contributed by atoms with Gasteiger partial charge in [-0.2, -0.15) is 0 Å². The minimum absolute atomic E-state index is 0.0949. The monoisotopic (exact) mass is 1000 g/mol. The molecule has 0 spiro atoms. The molecule has 0 heterocycles. The molecule has 0 amide bonds. The Morgan fingerprint density at radius 1 is 0.414 bits per heavy atom. The molecule has 0 saturated heterocycles. The van der Waals surface area contributed by atoms with E-state index >= 15 is 0 Å². The number of esters is 3. The van der Waals surface area contributed by atoms with Crippen molar-refractivity contribution in [2.75, 3.05) is 26.4 Å². The third-order valence-corrected chi connectivity index (χ3v) is 11.9. The summed E-state index contributed by atoms with van der Waals surface area (Å²) in [5, 5.41) is 9.77. The number of phosphoric acid groups is 1. The standard InChI is InChI=1S/C58H97O11P/c1-4-7-10-13-16-19-22-24-25-26-27-28-29-31-33-35-38-41-44-47-56(60)65-51-55(69-58(62)49-46-43-40-37-34-30-23-20-17-14-11-8-5-2)53-67-70(63,64)66-52-54(50-59)68-57(61)48-45-42-39-36-32-21-18-15-12-9-6-3/h7,10-11,14,16,19-20,23-25,27-28,31,33,38,41,54-55,59H,4-6,8-9,12-13,15,17-18,21-22,26,29-30,32,34-37,39-40,42-53H2,1-3H3,(H,63,64)/b10-7-,14-11-,19-16-,23-20-,25-24-,28-27-,33-31-,41-38-. The van der Waals surface area contributed by atoms with Crippen LogP contribution in [-0.4, -0.2) is 66.5 Å². The van der Waals surface area contributed by atoms with Crippen molar-refractivity contribution in [3.8, 4) is 0 Å². The van der Waals surface area contributed by atoms with Crippen LogP contribution in [0.4, 0.5) is 0 Å². The molecule has 0 bridgehead atoms. The number of aliphatic hydroxyl groups excluding tert-OH is 1. The number of aliphatic hydroxyl groups is 1. The molecule has 0 aromatic rings. The van der Waals surface area contributed by atoms with Crippen molar-refractivity contribution in [1.82, 2.24) is 0 Å². The maximum absolute atomic E-state index is 12.9. The third kappa shape index (κ3) is 49.4. The second kappa shape index (κ2) is 51.7. The van der Waals surface area contributed by atoms with Gasteiger partial charge in [-0.25, -0.2) is 4.57 Å². The zero-order valence-corrected chi connectivity index (χ0v) is 44.8. The Labute approximate surface area is 425 Å². The molecule has 2 N–H and O–H groups in total. The summed E-state index contributed by atoms with van der Waals surface area (Å²) in [6.07, 6.45) is 59.6. The van der Waals surface area contributed by atoms with E-state index in [1.807, 2.05) is 12.2 Å². The molecule has 400 valence electrons. The van der Waals surface area contributed by atoms with Crippen molar-refractivity contribution in [1.29, 1.82) is 0 Å². The molecule has 3 unspecified atom stereocenters. The first kappa shape index (κ1) is 66.4. The maximum Gasteiger partial charge on any atom is 0.472 e. The number of hydrogen-bond acceptors (Lipinski definition) is 10. The van der Waals surface area contributed by atoms with Crippen molar-refractivity contribution in [2.45, 2.75) is 226 Å². The van der Waals surface area contributed by atoms with E-state index in [0.29, 0.717) is 19.3 Å². The van der Waals surface area contributed by atoms with Crippen LogP contribution in [0.3, 0.4) is 0 Å². The summed E-state index contributed by atoms with van der Waals surface area (Å²) in [7, 11) is -4.76. The van der Waals surface area contributed by atoms with Crippen LogP contribution in [0.2, 0.25) is 0 Å². The quantitative estimate of drug-likeness (QED) is 0.0197. The van der Waals surface area contributed by atoms with Crippen LogP contribution in [0.25, 0.3) is 0 Å². The first-order valence-corrected chi connectivity index (χ1v) is 28.6. The van der Waals surface area contributed by atoms with Gasteiger partial charge in [0.05, 0.1) is 19.8 Å². The Bertz CT molecular complexity index is 1540. The van der Waals surface area contributed by atoms with Gasteiger partial charge in [0.15, 0.2) is 6.10 Å². The number of carbonyl (C=O) groups is 3. The van der Waals surface area contributed by atoms with E-state index in [4.69, 9.17) is 23.3 Å². The summed E-state index contributed by atoms with van der Waals surface area (Å²) in [6, 6.07) is 0. The Morgan fingerprint density at radius 2 is 0.800 bits per heavy atom. The molecule has 0 aliphatic heterocycles. The van der Waals surface area contributed by atoms with Crippen molar-refractivity contribution < 1.29 is 52.2 Å². The molecule has 0 aromatic heterocycles. The van der Waals surface area contributed by atoms with E-state index < -0.39 is 57.8 Å². The lowest BCUT2D eigenvalue weighted by Crippen LogP contribution is -2.30. The Kier molecular flexibility index (Phi) is 49.1. The lowest BCUT2D eigenvalue weighted by molar-refractivity contribution is -0.161. The summed E-state index contributed by atoms with van der Waals surface area (Å²) < 4.78 is 39.3. The van der Waals surface area contributed by atoms with Crippen LogP contribution < -0.4 is 0 Å². The maximum atomic E-state index is 12.9. The molecule has 0 saturated carbocycles. The topological polar surface area (TPSA) is 155 Å². The Balaban J connectivity index is 4.86. The number of allylic oxidation sites excluding steroid dienone is 16. The smallest absolute Gasteiger partial charge is 0.462 e. The average Bonchev–Trinajstić information content (AvgIpc) is 3.35. The van der Waals surface area contributed by atoms with Crippen molar-refractivity contribution >= 4 is 25.7 Å². The predicted octanol–water partition coefficient (Wildman–Crippen LogP) is 15.7. The minimum Gasteiger partial charge on any atom is -0.462 e. The number of hydrogen-bond donors (Lipinski definition) is 2. The van der Waals surface area contributed by atoms with Crippen molar-refractivity contribution in [3.05, 3.63) is 97.2 Å². The molecular formula is C58H97O11P. The fourth-order valence-corrected chi connectivity index (χ4v) is 7.67. The fourth-order valence-electron chi connectivity index (χ4n) is 6.89. The van der Waals surface area contributed by atoms with Gasteiger partial charge in [0.25, 0.3) is 0 Å². The van der Waals surface area contributed by atoms with Gasteiger partial charge in [0.2, 0.25) is 0 Å². The SMILES string of the molecule is CC/C=C\C/C=C\C/C=C\C/C=C\C/C=C\C/C=C\CCC(=O)OCC(COP(=O)(O)OCC(CO)OC(=O)CCCCCCCCCCCCC)OC(=O)CCCCCCC/C=C\C/C=C\CCC. The molecule has 0 rings (SSSR count). The lowest BCUT2D eigenvalue weighted by Gasteiger charge is -2.21. The van der Waals surface area contributed by atoms with E-state index in [-0.39, 0.29) is 25.9 Å². The second-order valence-electron chi connectivity index (χ2n) is 17.7. The van der Waals surface area contributed by atoms with Crippen LogP contribution in [0.15, 0.2) is 97.2 Å². The molecule has 12 heteroatoms. The zero-order chi connectivity index (χ0) is 51.3. The van der Waals surface area contributed by atoms with Crippen molar-refractivity contribution in [2.24, 2.45) is 0 Å². The van der Waals surface area contributed by atoms with Crippen LogP contribution in [0.1, 0.15) is 213 Å². The molecular weight excluding hydrogens is 904 g/mol. The largest absolute Gasteiger partial charge is 0.472 e. The summed E-state index contributed by atoms with van der Waals surface area (Å²) in [4.78, 5) is 48.3. The first-order valence-electron chi connectivity index (χ1n) is 27.1. The van der Waals surface area contributed by atoms with Gasteiger partial charge < -0.3 is 24.2 Å². The summed E-state index contributed by atoms with van der Waals surface area (Å²) in [5.74, 6) is -1.59. The second-order valence-corrected chi connectivity index (χ2v) is 19.1. The molecule has 0 fully saturated rings. The number of carbonyl (C=O) groups excluding carboxylic acids is 3. The first-order chi connectivity index (χ1) is 34.2. The average molecular weight is 1000 g/mol. The van der Waals surface area contributed by atoms with Gasteiger partial charge in [-0.15, -0.1) is 0 Å². The highest BCUT2D eigenvalue weighted by atomic mass is 31.2. The van der Waals surface area contributed by atoms with Gasteiger partial charge in [0.1, 0.15) is 12.7 Å². The van der Waals surface area contributed by atoms with Gasteiger partial charge >= 0.3 is 25.7 Å². The van der Waals surface area contributed by atoms with Crippen LogP contribution in [0.5, 0.6) is 0 Å². The molecule has 0 aliphatic rings. The van der Waals surface area contributed by atoms with Crippen LogP contribution >= 0.6 is 7.82 Å². The molecule has 0 aliphatic carbocycles. The molecule has 11 nitrogen and oxygen atoms in total. The van der Waals surface area contributed by atoms with E-state index in [0.717, 1.165) is 109 Å². The highest BCUT2D eigenvalue weighted by Gasteiger charge is 2.28. The van der Waals surface area contributed by atoms with E-state index in [1.54, 1.807) is 0 Å². The van der Waals surface area contributed by atoms with Crippen LogP contribution in [-0.2, 0) is 42.2 Å². The minimum atomic E-state index is -4.76. The fraction of sp³-hybridized carbons (Fsp3) is 0.672. The molecule has 0 aromatic carbocycles. The highest BCUT2D eigenvalue weighted by molar-refractivity contribution is 7.47. The number of ether oxygens (including phenoxy) is 3. The Morgan fingerprint density at radius 3 is 1.26 bits per heavy atom. The molecule has 0 radical (unpaired) electrons. The van der Waals surface area contributed by atoms with Gasteiger partial charge in [-0.1, -0.05) is 208 Å². The van der Waals surface area contributed by atoms with Crippen molar-refractivity contribution in [3.63, 3.8) is 0 Å². The number of phosphoric ester groups is 1. The van der Waals surface area contributed by atoms with E-state index in [2.05, 4.69) is 106 Å². The van der Waals surface area contributed by atoms with Gasteiger partial charge in [0, 0.05) is 19.3 Å². The predicted molar refractivity (Wildman–Crippen MR) is 288 cm³/mol. The van der Waals surface area contributed by atoms with E-state index in [1.165, 1.54) is 44.9 Å². The van der Waals surface area contributed by atoms with Gasteiger partial charge in [-0.3, -0.25) is 23.4 Å². The van der Waals surface area contributed by atoms with E-state index in [9.17, 15) is 28.9 Å². The molecule has 70 heavy (non-hydrogen) atoms. The summed E-state index contributed by atoms with van der Waals surface area (Å²) >= 11 is 0. The highest BCUT2D eigenvalue weighted by Crippen LogP contribution is 2.43. The molecule has 3 atom stereocenters. The summed E-state index contributed by atoms with van der Waals surface area (Å²) in [6.45, 7) is 4.34. The van der Waals surface area contributed by atoms with Gasteiger partial charge in [-0.05, 0) is 83.5 Å². The third-order valence-electron chi connectivity index (χ3n) is 11.0. The lowest BCUT2D eigenvalue weighted by atomic mass is 10.1. The Hall–Kier alpha value is -3.60. The summed E-state index contributed by atoms with van der Waals surface area (Å²) in [5.41, 5.74) is 0. The van der Waals surface area contributed by atoms with Crippen LogP contribution in [0, 0.1) is 0 Å². The zero-order valence-electron chi connectivity index (χ0n) is 43.9.